The second kappa shape index (κ2) is 7.25. The van der Waals surface area contributed by atoms with Gasteiger partial charge in [-0.25, -0.2) is 0 Å². The van der Waals surface area contributed by atoms with Crippen LogP contribution in [0, 0.1) is 11.3 Å². The molecule has 0 aliphatic heterocycles. The molecular formula is C17H26N2O2. The Kier molecular flexibility index (Phi) is 5.94. The molecule has 0 heterocycles. The summed E-state index contributed by atoms with van der Waals surface area (Å²) in [6.07, 6.45) is 1.35. The fourth-order valence-corrected chi connectivity index (χ4v) is 1.99. The van der Waals surface area contributed by atoms with Gasteiger partial charge in [0.15, 0.2) is 0 Å². The van der Waals surface area contributed by atoms with Crippen molar-refractivity contribution in [2.45, 2.75) is 47.5 Å². The van der Waals surface area contributed by atoms with Crippen molar-refractivity contribution in [1.82, 2.24) is 10.9 Å². The summed E-state index contributed by atoms with van der Waals surface area (Å²) in [6, 6.07) is 7.46. The third kappa shape index (κ3) is 6.93. The molecule has 0 bridgehead atoms. The van der Waals surface area contributed by atoms with E-state index in [2.05, 4.69) is 24.7 Å². The van der Waals surface area contributed by atoms with Gasteiger partial charge in [0.2, 0.25) is 5.91 Å². The fraction of sp³-hybridized carbons (Fsp3) is 0.529. The monoisotopic (exact) mass is 290 g/mol. The van der Waals surface area contributed by atoms with Crippen LogP contribution < -0.4 is 10.9 Å². The van der Waals surface area contributed by atoms with Gasteiger partial charge >= 0.3 is 0 Å². The molecule has 1 aromatic rings. The van der Waals surface area contributed by atoms with E-state index in [1.807, 2.05) is 32.9 Å². The summed E-state index contributed by atoms with van der Waals surface area (Å²) in [7, 11) is 0. The molecular weight excluding hydrogens is 264 g/mol. The van der Waals surface area contributed by atoms with Crippen molar-refractivity contribution in [3.05, 3.63) is 35.4 Å². The zero-order valence-electron chi connectivity index (χ0n) is 13.6. The summed E-state index contributed by atoms with van der Waals surface area (Å²) in [5.41, 5.74) is 6.53. The van der Waals surface area contributed by atoms with Crippen LogP contribution in [0.1, 0.15) is 57.0 Å². The van der Waals surface area contributed by atoms with E-state index in [0.29, 0.717) is 17.9 Å². The summed E-state index contributed by atoms with van der Waals surface area (Å²) in [6.45, 7) is 10.2. The molecule has 4 nitrogen and oxygen atoms in total. The molecule has 0 aliphatic carbocycles. The largest absolute Gasteiger partial charge is 0.273 e. The Morgan fingerprint density at radius 1 is 1.05 bits per heavy atom. The third-order valence-corrected chi connectivity index (χ3v) is 2.87. The van der Waals surface area contributed by atoms with E-state index in [-0.39, 0.29) is 17.2 Å². The number of benzene rings is 1. The van der Waals surface area contributed by atoms with E-state index in [1.165, 1.54) is 5.56 Å². The average molecular weight is 290 g/mol. The Morgan fingerprint density at radius 2 is 1.62 bits per heavy atom. The van der Waals surface area contributed by atoms with Gasteiger partial charge in [-0.2, -0.15) is 0 Å². The Balaban J connectivity index is 2.50. The first-order valence-electron chi connectivity index (χ1n) is 7.35. The highest BCUT2D eigenvalue weighted by atomic mass is 16.2. The molecule has 0 saturated heterocycles. The van der Waals surface area contributed by atoms with E-state index in [9.17, 15) is 9.59 Å². The van der Waals surface area contributed by atoms with Gasteiger partial charge in [-0.1, -0.05) is 46.8 Å². The summed E-state index contributed by atoms with van der Waals surface area (Å²) < 4.78 is 0. The lowest BCUT2D eigenvalue weighted by Crippen LogP contribution is -2.42. The topological polar surface area (TPSA) is 58.2 Å². The SMILES string of the molecule is CC(C)Cc1ccc(C(=O)NNC(=O)CC(C)(C)C)cc1. The summed E-state index contributed by atoms with van der Waals surface area (Å²) in [5.74, 6) is 0.0991. The Hall–Kier alpha value is -1.84. The molecule has 1 rings (SSSR count). The highest BCUT2D eigenvalue weighted by Gasteiger charge is 2.16. The standard InChI is InChI=1S/C17H26N2O2/c1-12(2)10-13-6-8-14(9-7-13)16(21)19-18-15(20)11-17(3,4)5/h6-9,12H,10-11H2,1-5H3,(H,18,20)(H,19,21). The number of rotatable bonds is 4. The summed E-state index contributed by atoms with van der Waals surface area (Å²) >= 11 is 0. The van der Waals surface area contributed by atoms with E-state index >= 15 is 0 Å². The van der Waals surface area contributed by atoms with E-state index in [1.54, 1.807) is 12.1 Å². The predicted molar refractivity (Wildman–Crippen MR) is 84.7 cm³/mol. The number of nitrogens with one attached hydrogen (secondary N) is 2. The summed E-state index contributed by atoms with van der Waals surface area (Å²) in [5, 5.41) is 0. The Morgan fingerprint density at radius 3 is 2.10 bits per heavy atom. The van der Waals surface area contributed by atoms with Crippen molar-refractivity contribution in [2.75, 3.05) is 0 Å². The number of amides is 2. The minimum Gasteiger partial charge on any atom is -0.273 e. The van der Waals surface area contributed by atoms with Crippen LogP contribution in [0.5, 0.6) is 0 Å². The van der Waals surface area contributed by atoms with Crippen LogP contribution in [0.4, 0.5) is 0 Å². The molecule has 0 aliphatic rings. The molecule has 4 heteroatoms. The summed E-state index contributed by atoms with van der Waals surface area (Å²) in [4.78, 5) is 23.6. The first-order valence-corrected chi connectivity index (χ1v) is 7.35. The Bertz CT molecular complexity index is 485. The zero-order valence-corrected chi connectivity index (χ0v) is 13.6. The van der Waals surface area contributed by atoms with Crippen LogP contribution in [0.15, 0.2) is 24.3 Å². The highest BCUT2D eigenvalue weighted by Crippen LogP contribution is 2.17. The number of carbonyl (C=O) groups is 2. The third-order valence-electron chi connectivity index (χ3n) is 2.87. The maximum Gasteiger partial charge on any atom is 0.269 e. The normalized spacial score (nSPS) is 11.3. The zero-order chi connectivity index (χ0) is 16.0. The molecule has 0 spiro atoms. The van der Waals surface area contributed by atoms with Crippen molar-refractivity contribution >= 4 is 11.8 Å². The van der Waals surface area contributed by atoms with Gasteiger partial charge in [0.1, 0.15) is 0 Å². The molecule has 0 saturated carbocycles. The maximum atomic E-state index is 11.9. The molecule has 0 atom stereocenters. The van der Waals surface area contributed by atoms with Crippen LogP contribution in [0.3, 0.4) is 0 Å². The van der Waals surface area contributed by atoms with Gasteiger partial charge < -0.3 is 0 Å². The minimum atomic E-state index is -0.298. The van der Waals surface area contributed by atoms with Gasteiger partial charge in [0.25, 0.3) is 5.91 Å². The van der Waals surface area contributed by atoms with Crippen LogP contribution >= 0.6 is 0 Å². The van der Waals surface area contributed by atoms with Gasteiger partial charge in [-0.05, 0) is 35.4 Å². The van der Waals surface area contributed by atoms with Crippen molar-refractivity contribution in [3.63, 3.8) is 0 Å². The molecule has 21 heavy (non-hydrogen) atoms. The quantitative estimate of drug-likeness (QED) is 0.837. The van der Waals surface area contributed by atoms with Gasteiger partial charge in [-0.15, -0.1) is 0 Å². The lowest BCUT2D eigenvalue weighted by Gasteiger charge is -2.17. The first kappa shape index (κ1) is 17.2. The minimum absolute atomic E-state index is 0.104. The maximum absolute atomic E-state index is 11.9. The number of hydrogen-bond acceptors (Lipinski definition) is 2. The number of carbonyl (C=O) groups excluding carboxylic acids is 2. The predicted octanol–water partition coefficient (Wildman–Crippen LogP) is 3.08. The molecule has 0 fully saturated rings. The van der Waals surface area contributed by atoms with Crippen LogP contribution in [-0.4, -0.2) is 11.8 Å². The number of hydrazine groups is 1. The van der Waals surface area contributed by atoms with Crippen LogP contribution in [-0.2, 0) is 11.2 Å². The molecule has 2 amide bonds. The van der Waals surface area contributed by atoms with Crippen molar-refractivity contribution in [1.29, 1.82) is 0 Å². The van der Waals surface area contributed by atoms with Crippen LogP contribution in [0.2, 0.25) is 0 Å². The van der Waals surface area contributed by atoms with E-state index < -0.39 is 0 Å². The van der Waals surface area contributed by atoms with Gasteiger partial charge in [-0.3, -0.25) is 20.4 Å². The molecule has 0 radical (unpaired) electrons. The number of hydrogen-bond donors (Lipinski definition) is 2. The molecule has 1 aromatic carbocycles. The van der Waals surface area contributed by atoms with Crippen molar-refractivity contribution in [2.24, 2.45) is 11.3 Å². The van der Waals surface area contributed by atoms with Crippen molar-refractivity contribution < 1.29 is 9.59 Å². The van der Waals surface area contributed by atoms with Gasteiger partial charge in [0.05, 0.1) is 0 Å². The molecule has 2 N–H and O–H groups in total. The van der Waals surface area contributed by atoms with Gasteiger partial charge in [0, 0.05) is 12.0 Å². The lowest BCUT2D eigenvalue weighted by molar-refractivity contribution is -0.123. The molecule has 0 aromatic heterocycles. The fourth-order valence-electron chi connectivity index (χ4n) is 1.99. The Labute approximate surface area is 127 Å². The first-order chi connectivity index (χ1) is 9.67. The average Bonchev–Trinajstić information content (AvgIpc) is 2.34. The van der Waals surface area contributed by atoms with Crippen LogP contribution in [0.25, 0.3) is 0 Å². The second-order valence-corrected chi connectivity index (χ2v) is 7.03. The van der Waals surface area contributed by atoms with E-state index in [0.717, 1.165) is 6.42 Å². The highest BCUT2D eigenvalue weighted by molar-refractivity contribution is 5.95. The molecule has 116 valence electrons. The van der Waals surface area contributed by atoms with E-state index in [4.69, 9.17) is 0 Å². The molecule has 0 unspecified atom stereocenters. The lowest BCUT2D eigenvalue weighted by atomic mass is 9.92. The van der Waals surface area contributed by atoms with Crippen molar-refractivity contribution in [3.8, 4) is 0 Å². The smallest absolute Gasteiger partial charge is 0.269 e. The second-order valence-electron chi connectivity index (χ2n) is 7.03.